The van der Waals surface area contributed by atoms with Gasteiger partial charge in [-0.2, -0.15) is 0 Å². The largest absolute Gasteiger partial charge is 0.465 e. The number of aromatic nitrogens is 1. The second kappa shape index (κ2) is 8.27. The smallest absolute Gasteiger partial charge is 0.410 e. The first-order valence-corrected chi connectivity index (χ1v) is 8.27. The second-order valence-electron chi connectivity index (χ2n) is 5.84. The molecule has 0 radical (unpaired) electrons. The van der Waals surface area contributed by atoms with E-state index in [2.05, 4.69) is 15.2 Å². The van der Waals surface area contributed by atoms with E-state index in [0.29, 0.717) is 24.7 Å². The quantitative estimate of drug-likeness (QED) is 0.849. The van der Waals surface area contributed by atoms with E-state index >= 15 is 0 Å². The van der Waals surface area contributed by atoms with Crippen molar-refractivity contribution in [1.29, 1.82) is 0 Å². The molecule has 3 heterocycles. The fraction of sp³-hybridized carbons (Fsp3) is 0.625. The number of rotatable bonds is 5. The molecule has 0 spiro atoms. The van der Waals surface area contributed by atoms with Crippen LogP contribution < -0.4 is 10.2 Å². The molecule has 2 saturated heterocycles. The molecule has 0 aromatic carbocycles. The van der Waals surface area contributed by atoms with Crippen molar-refractivity contribution >= 4 is 17.6 Å². The lowest BCUT2D eigenvalue weighted by atomic mass is 10.2. The van der Waals surface area contributed by atoms with E-state index < -0.39 is 6.09 Å². The predicted octanol–water partition coefficient (Wildman–Crippen LogP) is 2.05. The molecule has 8 heteroatoms. The Morgan fingerprint density at radius 2 is 2.17 bits per heavy atom. The average Bonchev–Trinajstić information content (AvgIpc) is 2.61. The molecule has 2 N–H and O–H groups in total. The molecule has 0 bridgehead atoms. The molecule has 2 aliphatic heterocycles. The van der Waals surface area contributed by atoms with Gasteiger partial charge in [0.15, 0.2) is 6.29 Å². The summed E-state index contributed by atoms with van der Waals surface area (Å²) in [7, 11) is 0. The van der Waals surface area contributed by atoms with Gasteiger partial charge in [-0.05, 0) is 25.3 Å². The van der Waals surface area contributed by atoms with Crippen LogP contribution in [0.5, 0.6) is 0 Å². The van der Waals surface area contributed by atoms with E-state index in [4.69, 9.17) is 19.3 Å². The Morgan fingerprint density at radius 3 is 2.88 bits per heavy atom. The number of nitrogens with one attached hydrogen (secondary N) is 1. The molecule has 2 fully saturated rings. The van der Waals surface area contributed by atoms with Crippen LogP contribution in [0.15, 0.2) is 12.1 Å². The van der Waals surface area contributed by atoms with Crippen molar-refractivity contribution in [3.63, 3.8) is 0 Å². The topological polar surface area (TPSA) is 93.2 Å². The predicted molar refractivity (Wildman–Crippen MR) is 87.3 cm³/mol. The molecular weight excluding hydrogens is 314 g/mol. The molecule has 0 aliphatic carbocycles. The molecule has 3 rings (SSSR count). The van der Waals surface area contributed by atoms with Crippen LogP contribution in [0.4, 0.5) is 16.3 Å². The Hall–Kier alpha value is -1.90. The number of hydrogen-bond acceptors (Lipinski definition) is 6. The van der Waals surface area contributed by atoms with Crippen LogP contribution in [0, 0.1) is 0 Å². The van der Waals surface area contributed by atoms with Gasteiger partial charge in [0.2, 0.25) is 0 Å². The number of carboxylic acid groups (broad SMARTS) is 1. The van der Waals surface area contributed by atoms with Crippen molar-refractivity contribution in [2.45, 2.75) is 32.2 Å². The summed E-state index contributed by atoms with van der Waals surface area (Å²) in [6.07, 6.45) is 1.70. The van der Waals surface area contributed by atoms with E-state index in [9.17, 15) is 4.79 Å². The summed E-state index contributed by atoms with van der Waals surface area (Å²) >= 11 is 0. The van der Waals surface area contributed by atoms with Crippen molar-refractivity contribution in [3.8, 4) is 0 Å². The lowest BCUT2D eigenvalue weighted by Crippen LogP contribution is -2.36. The average molecular weight is 337 g/mol. The number of ether oxygens (including phenoxy) is 3. The molecule has 2 aliphatic rings. The Balaban J connectivity index is 1.71. The van der Waals surface area contributed by atoms with Gasteiger partial charge in [-0.25, -0.2) is 9.78 Å². The number of pyridine rings is 1. The number of anilines is 2. The van der Waals surface area contributed by atoms with Crippen LogP contribution in [0.3, 0.4) is 0 Å². The first-order chi connectivity index (χ1) is 11.7. The molecule has 8 nitrogen and oxygen atoms in total. The third-order valence-electron chi connectivity index (χ3n) is 4.03. The van der Waals surface area contributed by atoms with Crippen molar-refractivity contribution in [2.75, 3.05) is 43.1 Å². The molecule has 24 heavy (non-hydrogen) atoms. The van der Waals surface area contributed by atoms with Gasteiger partial charge in [0.05, 0.1) is 25.5 Å². The summed E-state index contributed by atoms with van der Waals surface area (Å²) in [4.78, 5) is 17.4. The third-order valence-corrected chi connectivity index (χ3v) is 4.03. The summed E-state index contributed by atoms with van der Waals surface area (Å²) in [5, 5.41) is 11.3. The Bertz CT molecular complexity index is 557. The van der Waals surface area contributed by atoms with Gasteiger partial charge in [0.1, 0.15) is 5.82 Å². The standard InChI is InChI=1S/C16H23N3O5/c20-16(21)18-14-10-13(19-4-7-22-8-5-19)9-12(17-14)11-24-15-3-1-2-6-23-15/h9-10,15H,1-8,11H2,(H,17,18)(H,20,21). The van der Waals surface area contributed by atoms with Crippen LogP contribution in [0.2, 0.25) is 0 Å². The Kier molecular flexibility index (Phi) is 5.84. The van der Waals surface area contributed by atoms with Crippen molar-refractivity contribution < 1.29 is 24.1 Å². The zero-order chi connectivity index (χ0) is 16.8. The monoisotopic (exact) mass is 337 g/mol. The van der Waals surface area contributed by atoms with Gasteiger partial charge in [-0.15, -0.1) is 0 Å². The first-order valence-electron chi connectivity index (χ1n) is 8.27. The number of hydrogen-bond donors (Lipinski definition) is 2. The summed E-state index contributed by atoms with van der Waals surface area (Å²) < 4.78 is 16.7. The number of carbonyl (C=O) groups is 1. The minimum atomic E-state index is -1.14. The highest BCUT2D eigenvalue weighted by Crippen LogP contribution is 2.22. The van der Waals surface area contributed by atoms with Gasteiger partial charge in [-0.3, -0.25) is 5.32 Å². The highest BCUT2D eigenvalue weighted by atomic mass is 16.7. The zero-order valence-electron chi connectivity index (χ0n) is 13.6. The van der Waals surface area contributed by atoms with Crippen LogP contribution in [-0.2, 0) is 20.8 Å². The van der Waals surface area contributed by atoms with E-state index in [1.165, 1.54) is 0 Å². The van der Waals surface area contributed by atoms with Gasteiger partial charge in [0, 0.05) is 31.5 Å². The fourth-order valence-corrected chi connectivity index (χ4v) is 2.84. The minimum Gasteiger partial charge on any atom is -0.465 e. The maximum atomic E-state index is 10.9. The third kappa shape index (κ3) is 4.80. The first kappa shape index (κ1) is 16.9. The van der Waals surface area contributed by atoms with Crippen LogP contribution in [0.25, 0.3) is 0 Å². The van der Waals surface area contributed by atoms with Gasteiger partial charge in [-0.1, -0.05) is 0 Å². The molecule has 1 aromatic rings. The molecule has 1 atom stereocenters. The molecule has 1 amide bonds. The van der Waals surface area contributed by atoms with E-state index in [0.717, 1.165) is 44.6 Å². The highest BCUT2D eigenvalue weighted by molar-refractivity contribution is 5.82. The van der Waals surface area contributed by atoms with E-state index in [1.54, 1.807) is 6.07 Å². The molecule has 0 saturated carbocycles. The summed E-state index contributed by atoms with van der Waals surface area (Å²) in [6, 6.07) is 3.67. The zero-order valence-corrected chi connectivity index (χ0v) is 13.6. The second-order valence-corrected chi connectivity index (χ2v) is 5.84. The van der Waals surface area contributed by atoms with Crippen molar-refractivity contribution in [3.05, 3.63) is 17.8 Å². The molecular formula is C16H23N3O5. The summed E-state index contributed by atoms with van der Waals surface area (Å²) in [5.74, 6) is 0.301. The molecule has 1 unspecified atom stereocenters. The van der Waals surface area contributed by atoms with Gasteiger partial charge >= 0.3 is 6.09 Å². The lowest BCUT2D eigenvalue weighted by molar-refractivity contribution is -0.169. The summed E-state index contributed by atoms with van der Waals surface area (Å²) in [6.45, 7) is 3.86. The highest BCUT2D eigenvalue weighted by Gasteiger charge is 2.17. The molecule has 1 aromatic heterocycles. The number of nitrogens with zero attached hydrogens (tertiary/aromatic N) is 2. The number of morpholine rings is 1. The Morgan fingerprint density at radius 1 is 1.33 bits per heavy atom. The normalized spacial score (nSPS) is 21.5. The van der Waals surface area contributed by atoms with Crippen LogP contribution in [-0.4, -0.2) is 55.4 Å². The maximum absolute atomic E-state index is 10.9. The maximum Gasteiger partial charge on any atom is 0.410 e. The fourth-order valence-electron chi connectivity index (χ4n) is 2.84. The van der Waals surface area contributed by atoms with E-state index in [-0.39, 0.29) is 12.9 Å². The molecule has 132 valence electrons. The van der Waals surface area contributed by atoms with E-state index in [1.807, 2.05) is 6.07 Å². The van der Waals surface area contributed by atoms with Crippen LogP contribution >= 0.6 is 0 Å². The Labute approximate surface area is 140 Å². The minimum absolute atomic E-state index is 0.205. The number of amides is 1. The van der Waals surface area contributed by atoms with Crippen molar-refractivity contribution in [2.24, 2.45) is 0 Å². The SMILES string of the molecule is O=C(O)Nc1cc(N2CCOCC2)cc(COC2CCCCO2)n1. The van der Waals surface area contributed by atoms with Crippen LogP contribution in [0.1, 0.15) is 25.0 Å². The summed E-state index contributed by atoms with van der Waals surface area (Å²) in [5.41, 5.74) is 1.59. The lowest BCUT2D eigenvalue weighted by Gasteiger charge is -2.29. The van der Waals surface area contributed by atoms with Crippen molar-refractivity contribution in [1.82, 2.24) is 4.98 Å². The van der Waals surface area contributed by atoms with Gasteiger partial charge < -0.3 is 24.2 Å². The van der Waals surface area contributed by atoms with Gasteiger partial charge in [0.25, 0.3) is 0 Å².